The number of carbonyl (C=O) groups excluding carboxylic acids is 1. The van der Waals surface area contributed by atoms with E-state index in [1.54, 1.807) is 13.2 Å². The first-order chi connectivity index (χ1) is 7.08. The zero-order chi connectivity index (χ0) is 11.4. The number of rotatable bonds is 3. The van der Waals surface area contributed by atoms with Gasteiger partial charge in [-0.2, -0.15) is 0 Å². The Morgan fingerprint density at radius 3 is 2.60 bits per heavy atom. The van der Waals surface area contributed by atoms with E-state index in [9.17, 15) is 4.79 Å². The lowest BCUT2D eigenvalue weighted by molar-refractivity contribution is -0.139. The van der Waals surface area contributed by atoms with Crippen molar-refractivity contribution in [1.29, 1.82) is 0 Å². The van der Waals surface area contributed by atoms with Gasteiger partial charge in [-0.3, -0.25) is 4.79 Å². The van der Waals surface area contributed by atoms with E-state index in [-0.39, 0.29) is 12.4 Å². The van der Waals surface area contributed by atoms with Crippen molar-refractivity contribution < 1.29 is 14.3 Å². The maximum Gasteiger partial charge on any atom is 0.310 e. The average Bonchev–Trinajstić information content (AvgIpc) is 2.22. The lowest BCUT2D eigenvalue weighted by Gasteiger charge is -2.09. The Kier molecular flexibility index (Phi) is 3.97. The number of aryl methyl sites for hydroxylation is 1. The fraction of sp³-hybridized carbons (Fsp3) is 0.364. The molecule has 0 heterocycles. The van der Waals surface area contributed by atoms with Gasteiger partial charge in [-0.1, -0.05) is 17.7 Å². The minimum Gasteiger partial charge on any atom is -0.496 e. The zero-order valence-corrected chi connectivity index (χ0v) is 9.72. The molecule has 0 spiro atoms. The second kappa shape index (κ2) is 5.03. The Labute approximate surface area is 93.9 Å². The monoisotopic (exact) mass is 228 g/mol. The first kappa shape index (κ1) is 11.9. The van der Waals surface area contributed by atoms with E-state index in [2.05, 4.69) is 4.74 Å². The van der Waals surface area contributed by atoms with Gasteiger partial charge < -0.3 is 9.47 Å². The first-order valence-electron chi connectivity index (χ1n) is 4.48. The molecule has 0 saturated heterocycles. The van der Waals surface area contributed by atoms with Gasteiger partial charge in [0.25, 0.3) is 0 Å². The van der Waals surface area contributed by atoms with Crippen molar-refractivity contribution in [1.82, 2.24) is 0 Å². The Morgan fingerprint density at radius 1 is 1.40 bits per heavy atom. The van der Waals surface area contributed by atoms with Crippen LogP contribution in [-0.4, -0.2) is 20.2 Å². The molecule has 3 nitrogen and oxygen atoms in total. The minimum absolute atomic E-state index is 0.181. The topological polar surface area (TPSA) is 35.5 Å². The number of esters is 1. The predicted molar refractivity (Wildman–Crippen MR) is 58.5 cm³/mol. The van der Waals surface area contributed by atoms with E-state index in [0.717, 1.165) is 11.1 Å². The molecule has 0 aliphatic rings. The highest BCUT2D eigenvalue weighted by molar-refractivity contribution is 6.31. The van der Waals surface area contributed by atoms with Gasteiger partial charge in [0.05, 0.1) is 20.6 Å². The van der Waals surface area contributed by atoms with E-state index >= 15 is 0 Å². The highest BCUT2D eigenvalue weighted by Gasteiger charge is 2.10. The van der Waals surface area contributed by atoms with Crippen molar-refractivity contribution in [3.05, 3.63) is 28.3 Å². The molecule has 1 rings (SSSR count). The molecule has 15 heavy (non-hydrogen) atoms. The molecule has 0 aliphatic heterocycles. The molecular weight excluding hydrogens is 216 g/mol. The van der Waals surface area contributed by atoms with Gasteiger partial charge in [-0.05, 0) is 24.1 Å². The Balaban J connectivity index is 3.00. The Morgan fingerprint density at radius 2 is 2.07 bits per heavy atom. The van der Waals surface area contributed by atoms with Crippen LogP contribution in [0.25, 0.3) is 0 Å². The maximum absolute atomic E-state index is 11.1. The molecule has 1 aromatic carbocycles. The molecular formula is C11H13ClO3. The molecule has 0 aromatic heterocycles. The van der Waals surface area contributed by atoms with Gasteiger partial charge in [0.15, 0.2) is 0 Å². The normalized spacial score (nSPS) is 9.87. The van der Waals surface area contributed by atoms with Crippen LogP contribution in [0.5, 0.6) is 5.75 Å². The third-order valence-corrected chi connectivity index (χ3v) is 2.48. The van der Waals surface area contributed by atoms with Gasteiger partial charge in [-0.25, -0.2) is 0 Å². The van der Waals surface area contributed by atoms with Crippen LogP contribution >= 0.6 is 11.6 Å². The van der Waals surface area contributed by atoms with Crippen molar-refractivity contribution in [3.8, 4) is 5.75 Å². The summed E-state index contributed by atoms with van der Waals surface area (Å²) in [5.41, 5.74) is 1.70. The molecule has 1 aromatic rings. The summed E-state index contributed by atoms with van der Waals surface area (Å²) >= 11 is 5.99. The number of methoxy groups -OCH3 is 2. The molecule has 0 N–H and O–H groups in total. The van der Waals surface area contributed by atoms with Crippen LogP contribution in [-0.2, 0) is 16.0 Å². The predicted octanol–water partition coefficient (Wildman–Crippen LogP) is 2.37. The second-order valence-electron chi connectivity index (χ2n) is 3.17. The van der Waals surface area contributed by atoms with Gasteiger partial charge in [0, 0.05) is 5.02 Å². The van der Waals surface area contributed by atoms with Crippen LogP contribution in [0.4, 0.5) is 0 Å². The van der Waals surface area contributed by atoms with Crippen LogP contribution in [0, 0.1) is 6.92 Å². The molecule has 0 radical (unpaired) electrons. The average molecular weight is 229 g/mol. The minimum atomic E-state index is -0.304. The van der Waals surface area contributed by atoms with E-state index in [1.807, 2.05) is 13.0 Å². The van der Waals surface area contributed by atoms with Gasteiger partial charge in [-0.15, -0.1) is 0 Å². The quantitative estimate of drug-likeness (QED) is 0.746. The van der Waals surface area contributed by atoms with Crippen LogP contribution < -0.4 is 4.74 Å². The maximum atomic E-state index is 11.1. The summed E-state index contributed by atoms with van der Waals surface area (Å²) in [6, 6.07) is 3.53. The molecule has 0 aliphatic carbocycles. The smallest absolute Gasteiger partial charge is 0.310 e. The van der Waals surface area contributed by atoms with Crippen LogP contribution in [0.2, 0.25) is 5.02 Å². The van der Waals surface area contributed by atoms with Crippen molar-refractivity contribution in [2.24, 2.45) is 0 Å². The molecule has 0 bridgehead atoms. The van der Waals surface area contributed by atoms with Crippen LogP contribution in [0.3, 0.4) is 0 Å². The summed E-state index contributed by atoms with van der Waals surface area (Å²) in [6.07, 6.45) is 0.181. The standard InChI is InChI=1S/C11H13ClO3/c1-7-4-8(5-11(13)15-3)9(12)6-10(7)14-2/h4,6H,5H2,1-3H3. The summed E-state index contributed by atoms with van der Waals surface area (Å²) in [4.78, 5) is 11.1. The number of ether oxygens (including phenoxy) is 2. The molecule has 0 atom stereocenters. The van der Waals surface area contributed by atoms with Gasteiger partial charge in [0.2, 0.25) is 0 Å². The SMILES string of the molecule is COC(=O)Cc1cc(C)c(OC)cc1Cl. The van der Waals surface area contributed by atoms with Crippen molar-refractivity contribution in [2.75, 3.05) is 14.2 Å². The number of benzene rings is 1. The van der Waals surface area contributed by atoms with Crippen LogP contribution in [0.1, 0.15) is 11.1 Å². The number of hydrogen-bond acceptors (Lipinski definition) is 3. The van der Waals surface area contributed by atoms with Crippen molar-refractivity contribution in [2.45, 2.75) is 13.3 Å². The summed E-state index contributed by atoms with van der Waals surface area (Å²) in [7, 11) is 2.94. The molecule has 4 heteroatoms. The van der Waals surface area contributed by atoms with Gasteiger partial charge >= 0.3 is 5.97 Å². The highest BCUT2D eigenvalue weighted by atomic mass is 35.5. The summed E-state index contributed by atoms with van der Waals surface area (Å²) < 4.78 is 9.69. The van der Waals surface area contributed by atoms with Gasteiger partial charge in [0.1, 0.15) is 5.75 Å². The molecule has 0 saturated carbocycles. The summed E-state index contributed by atoms with van der Waals surface area (Å²) in [5.74, 6) is 0.412. The summed E-state index contributed by atoms with van der Waals surface area (Å²) in [6.45, 7) is 1.90. The Bertz CT molecular complexity index is 374. The third-order valence-electron chi connectivity index (χ3n) is 2.13. The molecule has 82 valence electrons. The Hall–Kier alpha value is -1.22. The number of halogens is 1. The van der Waals surface area contributed by atoms with Crippen molar-refractivity contribution in [3.63, 3.8) is 0 Å². The third kappa shape index (κ3) is 2.86. The zero-order valence-electron chi connectivity index (χ0n) is 8.96. The molecule has 0 fully saturated rings. The van der Waals surface area contributed by atoms with E-state index in [0.29, 0.717) is 10.8 Å². The van der Waals surface area contributed by atoms with E-state index in [1.165, 1.54) is 7.11 Å². The first-order valence-corrected chi connectivity index (χ1v) is 4.86. The number of hydrogen-bond donors (Lipinski definition) is 0. The van der Waals surface area contributed by atoms with Crippen LogP contribution in [0.15, 0.2) is 12.1 Å². The second-order valence-corrected chi connectivity index (χ2v) is 3.57. The fourth-order valence-corrected chi connectivity index (χ4v) is 1.53. The largest absolute Gasteiger partial charge is 0.496 e. The fourth-order valence-electron chi connectivity index (χ4n) is 1.31. The number of carbonyl (C=O) groups is 1. The molecule has 0 amide bonds. The van der Waals surface area contributed by atoms with E-state index in [4.69, 9.17) is 16.3 Å². The van der Waals surface area contributed by atoms with E-state index < -0.39 is 0 Å². The lowest BCUT2D eigenvalue weighted by atomic mass is 10.1. The molecule has 0 unspecified atom stereocenters. The summed E-state index contributed by atoms with van der Waals surface area (Å²) in [5, 5.41) is 0.517. The lowest BCUT2D eigenvalue weighted by Crippen LogP contribution is -2.05. The highest BCUT2D eigenvalue weighted by Crippen LogP contribution is 2.26. The van der Waals surface area contributed by atoms with Crippen molar-refractivity contribution >= 4 is 17.6 Å².